The van der Waals surface area contributed by atoms with Crippen LogP contribution in [0.15, 0.2) is 30.3 Å². The van der Waals surface area contributed by atoms with E-state index in [4.69, 9.17) is 0 Å². The minimum absolute atomic E-state index is 0.767. The average molecular weight is 245 g/mol. The van der Waals surface area contributed by atoms with Gasteiger partial charge in [0.2, 0.25) is 0 Å². The second kappa shape index (κ2) is 4.43. The Kier molecular flexibility index (Phi) is 2.93. The van der Waals surface area contributed by atoms with E-state index < -0.39 is 0 Å². The number of rotatable bonds is 1. The summed E-state index contributed by atoms with van der Waals surface area (Å²) in [4.78, 5) is 4.04. The van der Waals surface area contributed by atoms with Crippen LogP contribution in [0.5, 0.6) is 0 Å². The van der Waals surface area contributed by atoms with Crippen molar-refractivity contribution in [3.8, 4) is 0 Å². The molecule has 0 spiro atoms. The largest absolute Gasteiger partial charge is 0.306 e. The van der Waals surface area contributed by atoms with E-state index in [1.165, 1.54) is 29.6 Å². The summed E-state index contributed by atoms with van der Waals surface area (Å²) in [6, 6.07) is 11.2. The molecule has 2 heteroatoms. The lowest BCUT2D eigenvalue weighted by atomic mass is 9.86. The molecule has 1 nitrogen and oxygen atoms in total. The Morgan fingerprint density at radius 1 is 1.29 bits per heavy atom. The summed E-state index contributed by atoms with van der Waals surface area (Å²) in [7, 11) is 2.23. The number of likely N-dealkylation sites (tertiary alicyclic amines) is 1. The minimum atomic E-state index is 0.767. The number of benzene rings is 1. The normalized spacial score (nSPS) is 26.5. The van der Waals surface area contributed by atoms with Crippen LogP contribution < -0.4 is 0 Å². The van der Waals surface area contributed by atoms with Gasteiger partial charge in [-0.15, -0.1) is 11.3 Å². The van der Waals surface area contributed by atoms with Gasteiger partial charge < -0.3 is 4.90 Å². The molecule has 1 fully saturated rings. The first-order valence-corrected chi connectivity index (χ1v) is 7.22. The minimum Gasteiger partial charge on any atom is -0.306 e. The number of hydrogen-bond acceptors (Lipinski definition) is 2. The zero-order chi connectivity index (χ0) is 11.8. The number of nitrogens with zero attached hydrogens (tertiary/aromatic N) is 1. The van der Waals surface area contributed by atoms with Gasteiger partial charge in [-0.25, -0.2) is 0 Å². The van der Waals surface area contributed by atoms with Crippen LogP contribution in [0.2, 0.25) is 0 Å². The summed E-state index contributed by atoms with van der Waals surface area (Å²) in [5, 5.41) is 1.42. The van der Waals surface area contributed by atoms with Crippen molar-refractivity contribution in [2.75, 3.05) is 20.1 Å². The molecule has 90 valence electrons. The zero-order valence-electron chi connectivity index (χ0n) is 10.5. The van der Waals surface area contributed by atoms with Crippen LogP contribution in [0.25, 0.3) is 10.1 Å². The van der Waals surface area contributed by atoms with Gasteiger partial charge >= 0.3 is 0 Å². The summed E-state index contributed by atoms with van der Waals surface area (Å²) >= 11 is 1.99. The Morgan fingerprint density at radius 3 is 2.88 bits per heavy atom. The fraction of sp³-hybridized carbons (Fsp3) is 0.467. The van der Waals surface area contributed by atoms with Crippen molar-refractivity contribution in [1.82, 2.24) is 4.90 Å². The Morgan fingerprint density at radius 2 is 2.12 bits per heavy atom. The lowest BCUT2D eigenvalue weighted by Gasteiger charge is -2.34. The third-order valence-electron chi connectivity index (χ3n) is 3.92. The van der Waals surface area contributed by atoms with E-state index in [1.54, 1.807) is 4.88 Å². The molecule has 17 heavy (non-hydrogen) atoms. The molecule has 3 rings (SSSR count). The monoisotopic (exact) mass is 245 g/mol. The quantitative estimate of drug-likeness (QED) is 0.735. The highest BCUT2D eigenvalue weighted by atomic mass is 32.1. The van der Waals surface area contributed by atoms with Gasteiger partial charge in [-0.05, 0) is 49.4 Å². The summed E-state index contributed by atoms with van der Waals surface area (Å²) in [5.41, 5.74) is 0. The highest BCUT2D eigenvalue weighted by Gasteiger charge is 2.26. The van der Waals surface area contributed by atoms with E-state index in [9.17, 15) is 0 Å². The van der Waals surface area contributed by atoms with Crippen molar-refractivity contribution in [2.45, 2.75) is 19.3 Å². The maximum atomic E-state index is 2.45. The zero-order valence-corrected chi connectivity index (χ0v) is 11.3. The Labute approximate surface area is 107 Å². The summed E-state index contributed by atoms with van der Waals surface area (Å²) < 4.78 is 1.44. The molecule has 1 aliphatic rings. The number of fused-ring (bicyclic) bond motifs is 1. The maximum Gasteiger partial charge on any atom is 0.0345 e. The van der Waals surface area contributed by atoms with E-state index in [2.05, 4.69) is 49.2 Å². The molecule has 1 aromatic heterocycles. The molecule has 2 atom stereocenters. The second-order valence-electron chi connectivity index (χ2n) is 5.32. The molecule has 0 aliphatic carbocycles. The van der Waals surface area contributed by atoms with Gasteiger partial charge in [0.15, 0.2) is 0 Å². The van der Waals surface area contributed by atoms with Crippen LogP contribution in [-0.4, -0.2) is 25.0 Å². The predicted molar refractivity (Wildman–Crippen MR) is 75.8 cm³/mol. The van der Waals surface area contributed by atoms with Crippen molar-refractivity contribution >= 4 is 21.4 Å². The van der Waals surface area contributed by atoms with Crippen LogP contribution >= 0.6 is 11.3 Å². The molecule has 0 bridgehead atoms. The first-order chi connectivity index (χ1) is 8.24. The van der Waals surface area contributed by atoms with Crippen LogP contribution in [0, 0.1) is 5.92 Å². The molecule has 1 aliphatic heterocycles. The third-order valence-corrected chi connectivity index (χ3v) is 5.17. The fourth-order valence-corrected chi connectivity index (χ4v) is 4.29. The predicted octanol–water partition coefficient (Wildman–Crippen LogP) is 3.96. The van der Waals surface area contributed by atoms with Crippen molar-refractivity contribution in [2.24, 2.45) is 5.92 Å². The van der Waals surface area contributed by atoms with Crippen LogP contribution in [0.1, 0.15) is 24.1 Å². The molecule has 0 N–H and O–H groups in total. The first-order valence-electron chi connectivity index (χ1n) is 6.41. The van der Waals surface area contributed by atoms with Crippen molar-refractivity contribution in [3.63, 3.8) is 0 Å². The average Bonchev–Trinajstić information content (AvgIpc) is 2.72. The first kappa shape index (κ1) is 11.2. The van der Waals surface area contributed by atoms with Crippen LogP contribution in [0.4, 0.5) is 0 Å². The number of hydrogen-bond donors (Lipinski definition) is 0. The standard InChI is InChI=1S/C15H19NS/c1-11-10-16(2)8-7-13(11)15-9-12-5-3-4-6-14(12)17-15/h3-6,9,11,13H,7-8,10H2,1-2H3. The number of thiophene rings is 1. The van der Waals surface area contributed by atoms with Gasteiger partial charge in [-0.1, -0.05) is 25.1 Å². The van der Waals surface area contributed by atoms with Crippen LogP contribution in [0.3, 0.4) is 0 Å². The van der Waals surface area contributed by atoms with Gasteiger partial charge in [0.05, 0.1) is 0 Å². The van der Waals surface area contributed by atoms with Crippen molar-refractivity contribution < 1.29 is 0 Å². The van der Waals surface area contributed by atoms with Gasteiger partial charge in [-0.2, -0.15) is 0 Å². The Hall–Kier alpha value is -0.860. The SMILES string of the molecule is CC1CN(C)CCC1c1cc2ccccc2s1. The van der Waals surface area contributed by atoms with Crippen LogP contribution in [-0.2, 0) is 0 Å². The lowest BCUT2D eigenvalue weighted by molar-refractivity contribution is 0.197. The molecule has 2 heterocycles. The third kappa shape index (κ3) is 2.12. The van der Waals surface area contributed by atoms with Gasteiger partial charge in [0.1, 0.15) is 0 Å². The molecule has 2 unspecified atom stereocenters. The Balaban J connectivity index is 1.93. The number of piperidine rings is 1. The molecule has 2 aromatic rings. The van der Waals surface area contributed by atoms with E-state index in [-0.39, 0.29) is 0 Å². The van der Waals surface area contributed by atoms with Gasteiger partial charge in [-0.3, -0.25) is 0 Å². The molecular weight excluding hydrogens is 226 g/mol. The molecule has 0 saturated carbocycles. The summed E-state index contributed by atoms with van der Waals surface area (Å²) in [6.45, 7) is 4.87. The molecule has 0 radical (unpaired) electrons. The van der Waals surface area contributed by atoms with Gasteiger partial charge in [0, 0.05) is 16.1 Å². The van der Waals surface area contributed by atoms with Crippen molar-refractivity contribution in [3.05, 3.63) is 35.2 Å². The fourth-order valence-electron chi connectivity index (χ4n) is 2.96. The topological polar surface area (TPSA) is 3.24 Å². The van der Waals surface area contributed by atoms with E-state index in [0.717, 1.165) is 11.8 Å². The maximum absolute atomic E-state index is 2.45. The van der Waals surface area contributed by atoms with Gasteiger partial charge in [0.25, 0.3) is 0 Å². The van der Waals surface area contributed by atoms with Crippen molar-refractivity contribution in [1.29, 1.82) is 0 Å². The highest BCUT2D eigenvalue weighted by molar-refractivity contribution is 7.19. The van der Waals surface area contributed by atoms with E-state index in [0.29, 0.717) is 0 Å². The lowest BCUT2D eigenvalue weighted by Crippen LogP contribution is -2.35. The molecule has 1 aromatic carbocycles. The second-order valence-corrected chi connectivity index (χ2v) is 6.44. The molecule has 1 saturated heterocycles. The van der Waals surface area contributed by atoms with E-state index >= 15 is 0 Å². The molecular formula is C15H19NS. The summed E-state index contributed by atoms with van der Waals surface area (Å²) in [6.07, 6.45) is 1.31. The summed E-state index contributed by atoms with van der Waals surface area (Å²) in [5.74, 6) is 1.55. The molecule has 0 amide bonds. The Bertz CT molecular complexity index is 483. The van der Waals surface area contributed by atoms with E-state index in [1.807, 2.05) is 11.3 Å². The highest BCUT2D eigenvalue weighted by Crippen LogP contribution is 2.38. The smallest absolute Gasteiger partial charge is 0.0345 e.